The zero-order valence-electron chi connectivity index (χ0n) is 12.1. The minimum Gasteiger partial charge on any atom is -0.371 e. The molecule has 0 bridgehead atoms. The number of anilines is 1. The minimum absolute atomic E-state index is 0.0348. The summed E-state index contributed by atoms with van der Waals surface area (Å²) in [4.78, 5) is 14.4. The Morgan fingerprint density at radius 3 is 3.10 bits per heavy atom. The molecule has 1 aromatic carbocycles. The standard InChI is InChI=1S/C16H22BrN3O/c17-13-3-1-4-14(9-13)20-8-6-12(11-20)10-19-16(21)15-5-2-7-18-15/h1,3-4,9,12,15,18H,2,5-8,10-11H2,(H,19,21)/t12?,15-/m0/s1. The van der Waals surface area contributed by atoms with Crippen LogP contribution in [0.15, 0.2) is 28.7 Å². The number of hydrogen-bond donors (Lipinski definition) is 2. The Bertz CT molecular complexity index is 502. The molecule has 5 heteroatoms. The van der Waals surface area contributed by atoms with Crippen LogP contribution in [0.25, 0.3) is 0 Å². The molecule has 2 atom stereocenters. The van der Waals surface area contributed by atoms with Crippen LogP contribution >= 0.6 is 15.9 Å². The van der Waals surface area contributed by atoms with Crippen LogP contribution in [0.2, 0.25) is 0 Å². The van der Waals surface area contributed by atoms with E-state index in [1.807, 2.05) is 6.07 Å². The number of halogens is 1. The molecule has 3 rings (SSSR count). The van der Waals surface area contributed by atoms with Gasteiger partial charge in [-0.2, -0.15) is 0 Å². The molecule has 0 aromatic heterocycles. The zero-order chi connectivity index (χ0) is 14.7. The second kappa shape index (κ2) is 6.79. The Hall–Kier alpha value is -1.07. The van der Waals surface area contributed by atoms with Crippen LogP contribution < -0.4 is 15.5 Å². The highest BCUT2D eigenvalue weighted by Crippen LogP contribution is 2.25. The van der Waals surface area contributed by atoms with Gasteiger partial charge in [0.15, 0.2) is 0 Å². The number of hydrogen-bond acceptors (Lipinski definition) is 3. The van der Waals surface area contributed by atoms with Crippen molar-refractivity contribution in [3.8, 4) is 0 Å². The predicted molar refractivity (Wildman–Crippen MR) is 88.5 cm³/mol. The van der Waals surface area contributed by atoms with E-state index < -0.39 is 0 Å². The zero-order valence-corrected chi connectivity index (χ0v) is 13.7. The molecule has 2 aliphatic rings. The molecule has 4 nitrogen and oxygen atoms in total. The number of nitrogens with zero attached hydrogens (tertiary/aromatic N) is 1. The second-order valence-corrected chi connectivity index (χ2v) is 6.89. The van der Waals surface area contributed by atoms with E-state index >= 15 is 0 Å². The van der Waals surface area contributed by atoms with E-state index in [-0.39, 0.29) is 11.9 Å². The highest BCUT2D eigenvalue weighted by molar-refractivity contribution is 9.10. The first-order valence-electron chi connectivity index (χ1n) is 7.74. The van der Waals surface area contributed by atoms with Crippen LogP contribution in [0.4, 0.5) is 5.69 Å². The molecule has 2 saturated heterocycles. The smallest absolute Gasteiger partial charge is 0.237 e. The third-order valence-corrected chi connectivity index (χ3v) is 4.89. The molecule has 2 N–H and O–H groups in total. The topological polar surface area (TPSA) is 44.4 Å². The van der Waals surface area contributed by atoms with E-state index in [1.54, 1.807) is 0 Å². The van der Waals surface area contributed by atoms with E-state index in [4.69, 9.17) is 0 Å². The summed E-state index contributed by atoms with van der Waals surface area (Å²) in [6.45, 7) is 3.85. The van der Waals surface area contributed by atoms with Crippen LogP contribution in [0, 0.1) is 5.92 Å². The van der Waals surface area contributed by atoms with Crippen LogP contribution in [0.5, 0.6) is 0 Å². The third-order valence-electron chi connectivity index (χ3n) is 4.40. The number of carbonyl (C=O) groups is 1. The Morgan fingerprint density at radius 1 is 1.43 bits per heavy atom. The van der Waals surface area contributed by atoms with Crippen molar-refractivity contribution in [2.24, 2.45) is 5.92 Å². The van der Waals surface area contributed by atoms with E-state index in [9.17, 15) is 4.79 Å². The van der Waals surface area contributed by atoms with Crippen molar-refractivity contribution >= 4 is 27.5 Å². The summed E-state index contributed by atoms with van der Waals surface area (Å²) < 4.78 is 1.11. The van der Waals surface area contributed by atoms with Gasteiger partial charge in [0.05, 0.1) is 6.04 Å². The molecule has 0 radical (unpaired) electrons. The van der Waals surface area contributed by atoms with E-state index in [1.165, 1.54) is 5.69 Å². The number of rotatable bonds is 4. The van der Waals surface area contributed by atoms with Gasteiger partial charge in [-0.15, -0.1) is 0 Å². The summed E-state index contributed by atoms with van der Waals surface area (Å²) in [6.07, 6.45) is 3.23. The van der Waals surface area contributed by atoms with Crippen molar-refractivity contribution < 1.29 is 4.79 Å². The van der Waals surface area contributed by atoms with Crippen molar-refractivity contribution in [1.82, 2.24) is 10.6 Å². The highest BCUT2D eigenvalue weighted by atomic mass is 79.9. The maximum atomic E-state index is 12.0. The first-order valence-corrected chi connectivity index (χ1v) is 8.53. The molecule has 1 amide bonds. The molecule has 21 heavy (non-hydrogen) atoms. The summed E-state index contributed by atoms with van der Waals surface area (Å²) in [5, 5.41) is 6.36. The van der Waals surface area contributed by atoms with Crippen molar-refractivity contribution in [3.63, 3.8) is 0 Å². The molecule has 0 aliphatic carbocycles. The molecular weight excluding hydrogens is 330 g/mol. The summed E-state index contributed by atoms with van der Waals surface area (Å²) >= 11 is 3.52. The highest BCUT2D eigenvalue weighted by Gasteiger charge is 2.26. The van der Waals surface area contributed by atoms with Gasteiger partial charge in [-0.3, -0.25) is 4.79 Å². The largest absolute Gasteiger partial charge is 0.371 e. The van der Waals surface area contributed by atoms with Gasteiger partial charge in [-0.25, -0.2) is 0 Å². The fourth-order valence-electron chi connectivity index (χ4n) is 3.18. The van der Waals surface area contributed by atoms with Crippen molar-refractivity contribution in [2.75, 3.05) is 31.1 Å². The average molecular weight is 352 g/mol. The number of benzene rings is 1. The first kappa shape index (κ1) is 14.9. The summed E-state index contributed by atoms with van der Waals surface area (Å²) in [7, 11) is 0. The lowest BCUT2D eigenvalue weighted by molar-refractivity contribution is -0.122. The molecule has 1 aromatic rings. The maximum absolute atomic E-state index is 12.0. The SMILES string of the molecule is O=C(NCC1CCN(c2cccc(Br)c2)C1)[C@@H]1CCCN1. The van der Waals surface area contributed by atoms with Crippen molar-refractivity contribution in [3.05, 3.63) is 28.7 Å². The van der Waals surface area contributed by atoms with Crippen LogP contribution in [-0.2, 0) is 4.79 Å². The third kappa shape index (κ3) is 3.77. The van der Waals surface area contributed by atoms with Gasteiger partial charge in [0, 0.05) is 29.8 Å². The van der Waals surface area contributed by atoms with Crippen molar-refractivity contribution in [1.29, 1.82) is 0 Å². The molecular formula is C16H22BrN3O. The normalized spacial score (nSPS) is 25.3. The Labute approximate surface area is 134 Å². The first-order chi connectivity index (χ1) is 10.2. The number of nitrogens with one attached hydrogen (secondary N) is 2. The monoisotopic (exact) mass is 351 g/mol. The van der Waals surface area contributed by atoms with Gasteiger partial charge in [0.25, 0.3) is 0 Å². The minimum atomic E-state index is 0.0348. The quantitative estimate of drug-likeness (QED) is 0.873. The molecule has 114 valence electrons. The lowest BCUT2D eigenvalue weighted by atomic mass is 10.1. The van der Waals surface area contributed by atoms with Gasteiger partial charge >= 0.3 is 0 Å². The molecule has 2 heterocycles. The van der Waals surface area contributed by atoms with Gasteiger partial charge < -0.3 is 15.5 Å². The fourth-order valence-corrected chi connectivity index (χ4v) is 3.57. The molecule has 0 spiro atoms. The lowest BCUT2D eigenvalue weighted by Gasteiger charge is -2.19. The van der Waals surface area contributed by atoms with Gasteiger partial charge in [-0.1, -0.05) is 22.0 Å². The van der Waals surface area contributed by atoms with Gasteiger partial charge in [0.1, 0.15) is 0 Å². The van der Waals surface area contributed by atoms with Gasteiger partial charge in [-0.05, 0) is 49.9 Å². The fraction of sp³-hybridized carbons (Fsp3) is 0.562. The average Bonchev–Trinajstić information content (AvgIpc) is 3.16. The van der Waals surface area contributed by atoms with Gasteiger partial charge in [0.2, 0.25) is 5.91 Å². The van der Waals surface area contributed by atoms with E-state index in [0.29, 0.717) is 5.92 Å². The summed E-state index contributed by atoms with van der Waals surface area (Å²) in [5.74, 6) is 0.725. The van der Waals surface area contributed by atoms with Crippen LogP contribution in [-0.4, -0.2) is 38.1 Å². The molecule has 2 fully saturated rings. The Morgan fingerprint density at radius 2 is 2.33 bits per heavy atom. The summed E-state index contributed by atoms with van der Waals surface area (Å²) in [5.41, 5.74) is 1.26. The van der Waals surface area contributed by atoms with Crippen LogP contribution in [0.3, 0.4) is 0 Å². The lowest BCUT2D eigenvalue weighted by Crippen LogP contribution is -2.42. The van der Waals surface area contributed by atoms with E-state index in [0.717, 1.165) is 49.9 Å². The molecule has 1 unspecified atom stereocenters. The Balaban J connectivity index is 1.47. The predicted octanol–water partition coefficient (Wildman–Crippen LogP) is 2.14. The molecule has 2 aliphatic heterocycles. The van der Waals surface area contributed by atoms with Crippen LogP contribution in [0.1, 0.15) is 19.3 Å². The maximum Gasteiger partial charge on any atom is 0.237 e. The number of carbonyl (C=O) groups excluding carboxylic acids is 1. The molecule has 0 saturated carbocycles. The van der Waals surface area contributed by atoms with E-state index in [2.05, 4.69) is 49.7 Å². The number of amides is 1. The van der Waals surface area contributed by atoms with Crippen molar-refractivity contribution in [2.45, 2.75) is 25.3 Å². The summed E-state index contributed by atoms with van der Waals surface area (Å²) in [6, 6.07) is 8.46. The Kier molecular flexibility index (Phi) is 4.80. The second-order valence-electron chi connectivity index (χ2n) is 5.97.